The first kappa shape index (κ1) is 16.8. The summed E-state index contributed by atoms with van der Waals surface area (Å²) >= 11 is 1.12. The van der Waals surface area contributed by atoms with E-state index in [-0.39, 0.29) is 6.42 Å². The van der Waals surface area contributed by atoms with Crippen molar-refractivity contribution in [3.63, 3.8) is 0 Å². The van der Waals surface area contributed by atoms with E-state index in [0.717, 1.165) is 11.3 Å². The topological polar surface area (TPSA) is 77.2 Å². The molecule has 1 unspecified atom stereocenters. The van der Waals surface area contributed by atoms with Gasteiger partial charge in [0.2, 0.25) is 0 Å². The largest absolute Gasteiger partial charge is 0.444 e. The summed E-state index contributed by atoms with van der Waals surface area (Å²) in [5.74, 6) is 0. The van der Waals surface area contributed by atoms with E-state index in [4.69, 9.17) is 10.5 Å². The van der Waals surface area contributed by atoms with Crippen LogP contribution < -0.4 is 11.1 Å². The average molecular weight is 307 g/mol. The number of halogens is 2. The maximum absolute atomic E-state index is 12.4. The molecule has 0 spiro atoms. The lowest BCUT2D eigenvalue weighted by atomic mass is 10.2. The Hall–Kier alpha value is -1.28. The van der Waals surface area contributed by atoms with Crippen LogP contribution in [0.25, 0.3) is 0 Å². The molecule has 0 aromatic carbocycles. The van der Waals surface area contributed by atoms with Gasteiger partial charge in [-0.1, -0.05) is 0 Å². The number of nitrogens with two attached hydrogens (primary N) is 1. The predicted molar refractivity (Wildman–Crippen MR) is 74.4 cm³/mol. The van der Waals surface area contributed by atoms with E-state index in [1.165, 1.54) is 0 Å². The second-order valence-corrected chi connectivity index (χ2v) is 6.44. The van der Waals surface area contributed by atoms with Crippen LogP contribution in [-0.4, -0.2) is 29.1 Å². The van der Waals surface area contributed by atoms with Crippen molar-refractivity contribution in [1.82, 2.24) is 4.98 Å². The number of thiazole rings is 1. The third-order valence-electron chi connectivity index (χ3n) is 2.25. The molecule has 0 radical (unpaired) electrons. The molecule has 0 saturated heterocycles. The van der Waals surface area contributed by atoms with E-state index in [1.54, 1.807) is 27.7 Å². The number of nitrogens with one attached hydrogen (secondary N) is 1. The molecule has 20 heavy (non-hydrogen) atoms. The van der Waals surface area contributed by atoms with Crippen LogP contribution in [0.1, 0.15) is 31.3 Å². The molecule has 0 aliphatic carbocycles. The molecular weight excluding hydrogens is 288 g/mol. The van der Waals surface area contributed by atoms with Crippen LogP contribution in [0.3, 0.4) is 0 Å². The van der Waals surface area contributed by atoms with E-state index < -0.39 is 24.2 Å². The van der Waals surface area contributed by atoms with E-state index in [0.29, 0.717) is 15.7 Å². The molecule has 1 atom stereocenters. The minimum absolute atomic E-state index is 0.0250. The number of carbonyl (C=O) groups is 1. The summed E-state index contributed by atoms with van der Waals surface area (Å²) in [5, 5.41) is 2.79. The molecule has 1 aromatic rings. The van der Waals surface area contributed by atoms with Crippen molar-refractivity contribution in [1.29, 1.82) is 0 Å². The highest BCUT2D eigenvalue weighted by Crippen LogP contribution is 2.25. The van der Waals surface area contributed by atoms with Crippen LogP contribution in [0.15, 0.2) is 0 Å². The van der Waals surface area contributed by atoms with Crippen LogP contribution >= 0.6 is 11.3 Å². The van der Waals surface area contributed by atoms with E-state index in [2.05, 4.69) is 10.3 Å². The number of nitrogens with zero attached hydrogens (tertiary/aromatic N) is 1. The monoisotopic (exact) mass is 307 g/mol. The first-order valence-corrected chi connectivity index (χ1v) is 6.90. The molecule has 1 heterocycles. The van der Waals surface area contributed by atoms with Crippen LogP contribution in [0.2, 0.25) is 0 Å². The molecule has 114 valence electrons. The number of carbonyl (C=O) groups excluding carboxylic acids is 1. The summed E-state index contributed by atoms with van der Waals surface area (Å²) in [4.78, 5) is 16.3. The van der Waals surface area contributed by atoms with Crippen LogP contribution in [0.4, 0.5) is 18.7 Å². The Morgan fingerprint density at radius 1 is 1.50 bits per heavy atom. The maximum atomic E-state index is 12.4. The van der Waals surface area contributed by atoms with Gasteiger partial charge in [0.05, 0.1) is 11.7 Å². The summed E-state index contributed by atoms with van der Waals surface area (Å²) in [6.07, 6.45) is -3.19. The Kier molecular flexibility index (Phi) is 5.41. The van der Waals surface area contributed by atoms with Gasteiger partial charge in [-0.05, 0) is 27.7 Å². The zero-order chi connectivity index (χ0) is 15.5. The Balaban J connectivity index is 2.68. The van der Waals surface area contributed by atoms with Gasteiger partial charge in [0.25, 0.3) is 6.43 Å². The van der Waals surface area contributed by atoms with Crippen molar-refractivity contribution in [3.05, 3.63) is 10.6 Å². The number of ether oxygens (including phenoxy) is 1. The molecule has 8 heteroatoms. The molecule has 0 aliphatic heterocycles. The van der Waals surface area contributed by atoms with Crippen molar-refractivity contribution in [3.8, 4) is 0 Å². The van der Waals surface area contributed by atoms with Gasteiger partial charge in [0.1, 0.15) is 5.60 Å². The summed E-state index contributed by atoms with van der Waals surface area (Å²) in [6.45, 7) is 6.91. The molecule has 0 fully saturated rings. The fourth-order valence-electron chi connectivity index (χ4n) is 1.36. The number of aryl methyl sites for hydroxylation is 1. The number of hydrogen-bond donors (Lipinski definition) is 2. The minimum atomic E-state index is -2.58. The lowest BCUT2D eigenvalue weighted by Gasteiger charge is -2.18. The number of rotatable bonds is 4. The van der Waals surface area contributed by atoms with Crippen LogP contribution in [0, 0.1) is 6.92 Å². The van der Waals surface area contributed by atoms with Gasteiger partial charge in [0, 0.05) is 11.3 Å². The molecule has 3 N–H and O–H groups in total. The van der Waals surface area contributed by atoms with Crippen molar-refractivity contribution in [2.24, 2.45) is 5.73 Å². The van der Waals surface area contributed by atoms with Crippen molar-refractivity contribution in [2.45, 2.75) is 52.2 Å². The summed E-state index contributed by atoms with van der Waals surface area (Å²) < 4.78 is 29.9. The predicted octanol–water partition coefficient (Wildman–Crippen LogP) is 2.93. The normalized spacial score (nSPS) is 13.4. The van der Waals surface area contributed by atoms with E-state index in [1.807, 2.05) is 0 Å². The second kappa shape index (κ2) is 6.45. The van der Waals surface area contributed by atoms with Crippen LogP contribution in [0.5, 0.6) is 0 Å². The molecular formula is C12H19F2N3O2S. The SMILES string of the molecule is Cc1nc(NC(=O)OC(C)(C)C)sc1CC(N)C(F)F. The fraction of sp³-hybridized carbons (Fsp3) is 0.667. The molecule has 1 rings (SSSR count). The summed E-state index contributed by atoms with van der Waals surface area (Å²) in [5.41, 5.74) is 5.29. The first-order chi connectivity index (χ1) is 9.08. The summed E-state index contributed by atoms with van der Waals surface area (Å²) in [6, 6.07) is -1.23. The van der Waals surface area contributed by atoms with E-state index in [9.17, 15) is 13.6 Å². The Bertz CT molecular complexity index is 472. The minimum Gasteiger partial charge on any atom is -0.444 e. The standard InChI is InChI=1S/C12H19F2N3O2S/c1-6-8(5-7(15)9(13)14)20-10(16-6)17-11(18)19-12(2,3)4/h7,9H,5,15H2,1-4H3,(H,16,17,18). The van der Waals surface area contributed by atoms with Gasteiger partial charge in [-0.15, -0.1) is 11.3 Å². The quantitative estimate of drug-likeness (QED) is 0.896. The van der Waals surface area contributed by atoms with Gasteiger partial charge in [0.15, 0.2) is 5.13 Å². The number of amides is 1. The summed E-state index contributed by atoms with van der Waals surface area (Å²) in [7, 11) is 0. The maximum Gasteiger partial charge on any atom is 0.413 e. The molecule has 1 aromatic heterocycles. The Morgan fingerprint density at radius 2 is 2.10 bits per heavy atom. The molecule has 5 nitrogen and oxygen atoms in total. The third-order valence-corrected chi connectivity index (χ3v) is 3.34. The molecule has 0 aliphatic rings. The lowest BCUT2D eigenvalue weighted by Crippen LogP contribution is -2.30. The zero-order valence-corrected chi connectivity index (χ0v) is 12.7. The number of aromatic nitrogens is 1. The van der Waals surface area contributed by atoms with Crippen molar-refractivity contribution < 1.29 is 18.3 Å². The highest BCUT2D eigenvalue weighted by atomic mass is 32.1. The number of alkyl halides is 2. The van der Waals surface area contributed by atoms with Crippen molar-refractivity contribution in [2.75, 3.05) is 5.32 Å². The van der Waals surface area contributed by atoms with Gasteiger partial charge in [-0.2, -0.15) is 0 Å². The number of anilines is 1. The fourth-order valence-corrected chi connectivity index (χ4v) is 2.38. The van der Waals surface area contributed by atoms with Gasteiger partial charge in [-0.25, -0.2) is 18.6 Å². The van der Waals surface area contributed by atoms with Gasteiger partial charge < -0.3 is 10.5 Å². The van der Waals surface area contributed by atoms with Crippen molar-refractivity contribution >= 4 is 22.6 Å². The number of hydrogen-bond acceptors (Lipinski definition) is 5. The zero-order valence-electron chi connectivity index (χ0n) is 11.9. The van der Waals surface area contributed by atoms with Gasteiger partial charge >= 0.3 is 6.09 Å². The second-order valence-electron chi connectivity index (χ2n) is 5.36. The first-order valence-electron chi connectivity index (χ1n) is 6.08. The van der Waals surface area contributed by atoms with Crippen LogP contribution in [-0.2, 0) is 11.2 Å². The average Bonchev–Trinajstić information content (AvgIpc) is 2.55. The highest BCUT2D eigenvalue weighted by Gasteiger charge is 2.21. The highest BCUT2D eigenvalue weighted by molar-refractivity contribution is 7.15. The third kappa shape index (κ3) is 5.38. The molecule has 0 bridgehead atoms. The Morgan fingerprint density at radius 3 is 2.60 bits per heavy atom. The lowest BCUT2D eigenvalue weighted by molar-refractivity contribution is 0.0636. The Labute approximate surface area is 120 Å². The van der Waals surface area contributed by atoms with E-state index >= 15 is 0 Å². The smallest absolute Gasteiger partial charge is 0.413 e. The van der Waals surface area contributed by atoms with Gasteiger partial charge in [-0.3, -0.25) is 5.32 Å². The molecule has 0 saturated carbocycles. The molecule has 1 amide bonds.